The van der Waals surface area contributed by atoms with Crippen LogP contribution in [0.5, 0.6) is 23.0 Å². The van der Waals surface area contributed by atoms with Crippen LogP contribution in [-0.2, 0) is 0 Å². The first-order valence-corrected chi connectivity index (χ1v) is 25.1. The highest BCUT2D eigenvalue weighted by atomic mass is 16.5. The molecule has 348 valence electrons. The molecular formula is C57H74N2O6. The highest BCUT2D eigenvalue weighted by Crippen LogP contribution is 2.37. The van der Waals surface area contributed by atoms with E-state index in [1.165, 1.54) is 96.3 Å². The van der Waals surface area contributed by atoms with Crippen LogP contribution in [0, 0.1) is 11.8 Å². The minimum Gasteiger partial charge on any atom is -0.494 e. The number of unbranched alkanes of at least 4 members (excludes halogenated alkanes) is 10. The molecule has 2 aliphatic rings. The molecule has 2 fully saturated rings. The van der Waals surface area contributed by atoms with Crippen LogP contribution in [0.1, 0.15) is 181 Å². The first-order valence-electron chi connectivity index (χ1n) is 25.1. The Balaban J connectivity index is 0.816. The van der Waals surface area contributed by atoms with E-state index in [-0.39, 0.29) is 11.9 Å². The number of carbonyl (C=O) groups is 2. The van der Waals surface area contributed by atoms with Crippen molar-refractivity contribution in [3.05, 3.63) is 119 Å². The normalized spacial score (nSPS) is 18.7. The number of ether oxygens (including phenoxy) is 4. The van der Waals surface area contributed by atoms with Crippen molar-refractivity contribution in [1.29, 1.82) is 0 Å². The third-order valence-electron chi connectivity index (χ3n) is 13.1. The quantitative estimate of drug-likeness (QED) is 0.0270. The summed E-state index contributed by atoms with van der Waals surface area (Å²) in [5.74, 6) is 3.41. The highest BCUT2D eigenvalue weighted by Gasteiger charge is 2.26. The second-order valence-corrected chi connectivity index (χ2v) is 18.3. The summed E-state index contributed by atoms with van der Waals surface area (Å²) in [5, 5.41) is 0. The molecular weight excluding hydrogens is 809 g/mol. The minimum atomic E-state index is -0.379. The molecule has 0 radical (unpaired) electrons. The number of aliphatic imine (C=N–C) groups is 2. The molecule has 0 unspecified atom stereocenters. The lowest BCUT2D eigenvalue weighted by Crippen LogP contribution is -2.23. The van der Waals surface area contributed by atoms with Gasteiger partial charge in [-0.2, -0.15) is 0 Å². The van der Waals surface area contributed by atoms with Gasteiger partial charge in [0.25, 0.3) is 0 Å². The molecule has 4 aromatic carbocycles. The van der Waals surface area contributed by atoms with Crippen molar-refractivity contribution in [2.75, 3.05) is 13.2 Å². The van der Waals surface area contributed by atoms with E-state index in [9.17, 15) is 9.59 Å². The summed E-state index contributed by atoms with van der Waals surface area (Å²) in [6.45, 7) is 5.86. The smallest absolute Gasteiger partial charge is 0.343 e. The maximum absolute atomic E-state index is 12.8. The molecule has 0 spiro atoms. The summed E-state index contributed by atoms with van der Waals surface area (Å²) in [6.07, 6.45) is 29.5. The van der Waals surface area contributed by atoms with Crippen LogP contribution in [0.4, 0.5) is 0 Å². The van der Waals surface area contributed by atoms with E-state index in [0.717, 1.165) is 73.0 Å². The molecule has 4 aromatic rings. The van der Waals surface area contributed by atoms with Crippen LogP contribution in [0.25, 0.3) is 0 Å². The van der Waals surface area contributed by atoms with Gasteiger partial charge in [0.1, 0.15) is 23.0 Å². The van der Waals surface area contributed by atoms with Crippen LogP contribution in [0.15, 0.2) is 107 Å². The zero-order valence-corrected chi connectivity index (χ0v) is 39.3. The zero-order valence-electron chi connectivity index (χ0n) is 39.3. The summed E-state index contributed by atoms with van der Waals surface area (Å²) in [7, 11) is 0. The highest BCUT2D eigenvalue weighted by molar-refractivity contribution is 5.92. The van der Waals surface area contributed by atoms with Gasteiger partial charge in [-0.15, -0.1) is 0 Å². The first-order chi connectivity index (χ1) is 31.9. The lowest BCUT2D eigenvalue weighted by molar-refractivity contribution is 0.0725. The van der Waals surface area contributed by atoms with Crippen molar-refractivity contribution in [3.63, 3.8) is 0 Å². The van der Waals surface area contributed by atoms with Crippen molar-refractivity contribution in [2.45, 2.75) is 161 Å². The van der Waals surface area contributed by atoms with E-state index >= 15 is 0 Å². The fourth-order valence-electron chi connectivity index (χ4n) is 9.01. The maximum Gasteiger partial charge on any atom is 0.343 e. The number of benzene rings is 4. The Morgan fingerprint density at radius 1 is 0.446 bits per heavy atom. The predicted octanol–water partition coefficient (Wildman–Crippen LogP) is 14.6. The van der Waals surface area contributed by atoms with Crippen molar-refractivity contribution in [1.82, 2.24) is 0 Å². The van der Waals surface area contributed by atoms with Gasteiger partial charge in [0.05, 0.1) is 24.3 Å². The van der Waals surface area contributed by atoms with Crippen molar-refractivity contribution < 1.29 is 28.5 Å². The monoisotopic (exact) mass is 883 g/mol. The van der Waals surface area contributed by atoms with Gasteiger partial charge in [-0.25, -0.2) is 9.59 Å². The van der Waals surface area contributed by atoms with E-state index in [4.69, 9.17) is 28.9 Å². The molecule has 0 saturated heterocycles. The van der Waals surface area contributed by atoms with Gasteiger partial charge in [-0.1, -0.05) is 78.1 Å². The van der Waals surface area contributed by atoms with E-state index in [0.29, 0.717) is 47.9 Å². The molecule has 0 aliphatic heterocycles. The summed E-state index contributed by atoms with van der Waals surface area (Å²) in [4.78, 5) is 35.4. The summed E-state index contributed by atoms with van der Waals surface area (Å²) in [6, 6.07) is 30.3. The van der Waals surface area contributed by atoms with Crippen LogP contribution in [-0.4, -0.2) is 49.7 Å². The molecule has 0 aromatic heterocycles. The fourth-order valence-corrected chi connectivity index (χ4v) is 9.01. The Labute approximate surface area is 389 Å². The molecule has 0 N–H and O–H groups in total. The van der Waals surface area contributed by atoms with Gasteiger partial charge in [-0.05, 0) is 191 Å². The molecule has 65 heavy (non-hydrogen) atoms. The zero-order chi connectivity index (χ0) is 45.3. The van der Waals surface area contributed by atoms with Gasteiger partial charge in [0.2, 0.25) is 0 Å². The Hall–Kier alpha value is -5.24. The van der Waals surface area contributed by atoms with Crippen LogP contribution < -0.4 is 18.9 Å². The van der Waals surface area contributed by atoms with Crippen molar-refractivity contribution >= 4 is 24.4 Å². The van der Waals surface area contributed by atoms with Crippen molar-refractivity contribution in [3.8, 4) is 23.0 Å². The van der Waals surface area contributed by atoms with Gasteiger partial charge < -0.3 is 18.9 Å². The predicted molar refractivity (Wildman–Crippen MR) is 265 cm³/mol. The molecule has 0 bridgehead atoms. The summed E-state index contributed by atoms with van der Waals surface area (Å²) >= 11 is 0. The average Bonchev–Trinajstić information content (AvgIpc) is 3.34. The molecule has 8 heteroatoms. The molecule has 0 heterocycles. The lowest BCUT2D eigenvalue weighted by Gasteiger charge is -2.32. The first kappa shape index (κ1) is 49.2. The SMILES string of the molecule is CCCCCCCCOc1ccc(C(=O)Oc2ccc(C=NC3CCC(CC4CCC(N=Cc5ccc(OC(=O)c6ccc(OCCCCCCCC)cc6)cc5)CC4)CC3)cc2)cc1. The second-order valence-electron chi connectivity index (χ2n) is 18.3. The molecule has 8 nitrogen and oxygen atoms in total. The number of hydrogen-bond donors (Lipinski definition) is 0. The number of nitrogens with zero attached hydrogens (tertiary/aromatic N) is 2. The molecule has 0 atom stereocenters. The standard InChI is InChI=1S/C57H74N2O6/c1-3-5-7-9-11-13-39-62-52-35-23-48(24-36-52)56(60)64-54-31-19-46(20-32-54)42-58-50-27-15-44(16-28-50)41-45-17-29-51(30-18-45)59-43-47-21-33-55(34-22-47)65-57(61)49-25-37-53(38-26-49)63-40-14-12-10-8-6-4-2/h19-26,31-38,42-45,50-51H,3-18,27-30,39-41H2,1-2H3. The largest absolute Gasteiger partial charge is 0.494 e. The summed E-state index contributed by atoms with van der Waals surface area (Å²) in [5.41, 5.74) is 3.03. The van der Waals surface area contributed by atoms with E-state index < -0.39 is 0 Å². The van der Waals surface area contributed by atoms with Crippen LogP contribution >= 0.6 is 0 Å². The Bertz CT molecular complexity index is 1860. The van der Waals surface area contributed by atoms with E-state index in [1.807, 2.05) is 85.2 Å². The topological polar surface area (TPSA) is 95.8 Å². The minimum absolute atomic E-state index is 0.366. The molecule has 6 rings (SSSR count). The van der Waals surface area contributed by atoms with Crippen LogP contribution in [0.3, 0.4) is 0 Å². The number of rotatable bonds is 26. The van der Waals surface area contributed by atoms with E-state index in [2.05, 4.69) is 13.8 Å². The average molecular weight is 883 g/mol. The second kappa shape index (κ2) is 27.9. The van der Waals surface area contributed by atoms with Gasteiger partial charge in [-0.3, -0.25) is 9.98 Å². The summed E-state index contributed by atoms with van der Waals surface area (Å²) < 4.78 is 23.0. The van der Waals surface area contributed by atoms with Gasteiger partial charge in [0, 0.05) is 24.5 Å². The Morgan fingerprint density at radius 3 is 1.15 bits per heavy atom. The van der Waals surface area contributed by atoms with E-state index in [1.54, 1.807) is 24.3 Å². The Kier molecular flexibility index (Phi) is 21.1. The number of esters is 2. The molecule has 2 aliphatic carbocycles. The third-order valence-corrected chi connectivity index (χ3v) is 13.1. The third kappa shape index (κ3) is 17.9. The Morgan fingerprint density at radius 2 is 0.785 bits per heavy atom. The number of hydrogen-bond acceptors (Lipinski definition) is 8. The maximum atomic E-state index is 12.8. The van der Waals surface area contributed by atoms with Crippen LogP contribution in [0.2, 0.25) is 0 Å². The lowest BCUT2D eigenvalue weighted by atomic mass is 9.76. The fraction of sp³-hybridized carbons (Fsp3) is 0.509. The number of carbonyl (C=O) groups excluding carboxylic acids is 2. The molecule has 2 saturated carbocycles. The van der Waals surface area contributed by atoms with Gasteiger partial charge >= 0.3 is 11.9 Å². The van der Waals surface area contributed by atoms with Crippen molar-refractivity contribution in [2.24, 2.45) is 21.8 Å². The molecule has 0 amide bonds. The van der Waals surface area contributed by atoms with Gasteiger partial charge in [0.15, 0.2) is 0 Å².